The van der Waals surface area contributed by atoms with Crippen molar-refractivity contribution < 1.29 is 4.79 Å². The molecule has 3 N–H and O–H groups in total. The van der Waals surface area contributed by atoms with Crippen molar-refractivity contribution in [1.82, 2.24) is 14.9 Å². The van der Waals surface area contributed by atoms with Crippen molar-refractivity contribution in [3.63, 3.8) is 0 Å². The van der Waals surface area contributed by atoms with Crippen LogP contribution >= 0.6 is 0 Å². The van der Waals surface area contributed by atoms with E-state index in [1.165, 1.54) is 11.1 Å². The van der Waals surface area contributed by atoms with Gasteiger partial charge in [-0.05, 0) is 6.42 Å². The minimum Gasteiger partial charge on any atom is -0.403 e. The van der Waals surface area contributed by atoms with Crippen LogP contribution in [0.4, 0.5) is 0 Å². The lowest BCUT2D eigenvalue weighted by Crippen LogP contribution is -2.61. The molecule has 0 bridgehead atoms. The van der Waals surface area contributed by atoms with E-state index in [1.807, 2.05) is 21.0 Å². The molecule has 6 nitrogen and oxygen atoms in total. The molecule has 0 aromatic heterocycles. The van der Waals surface area contributed by atoms with E-state index < -0.39 is 0 Å². The summed E-state index contributed by atoms with van der Waals surface area (Å²) in [7, 11) is 5.26. The number of piperazine rings is 1. The molecule has 0 saturated carbocycles. The molecule has 16 heavy (non-hydrogen) atoms. The molecule has 1 heterocycles. The van der Waals surface area contributed by atoms with Crippen molar-refractivity contribution >= 4 is 11.7 Å². The summed E-state index contributed by atoms with van der Waals surface area (Å²) in [5, 5.41) is 11.4. The highest BCUT2D eigenvalue weighted by atomic mass is 16.2. The number of amidine groups is 1. The zero-order valence-electron chi connectivity index (χ0n) is 10.2. The number of hydrazine groups is 1. The Bertz CT molecular complexity index is 336. The molecule has 1 aliphatic rings. The Kier molecular flexibility index (Phi) is 3.54. The second-order valence-corrected chi connectivity index (χ2v) is 3.91. The number of amides is 1. The van der Waals surface area contributed by atoms with Crippen LogP contribution in [0.15, 0.2) is 11.9 Å². The van der Waals surface area contributed by atoms with Gasteiger partial charge in [0.2, 0.25) is 0 Å². The van der Waals surface area contributed by atoms with Crippen LogP contribution in [0.5, 0.6) is 0 Å². The van der Waals surface area contributed by atoms with Gasteiger partial charge in [-0.3, -0.25) is 15.2 Å². The van der Waals surface area contributed by atoms with Crippen molar-refractivity contribution in [2.75, 3.05) is 21.1 Å². The van der Waals surface area contributed by atoms with E-state index in [-0.39, 0.29) is 17.8 Å². The molecule has 1 fully saturated rings. The lowest BCUT2D eigenvalue weighted by molar-refractivity contribution is -0.138. The van der Waals surface area contributed by atoms with Crippen LogP contribution in [-0.2, 0) is 4.79 Å². The van der Waals surface area contributed by atoms with Crippen LogP contribution in [0.2, 0.25) is 0 Å². The van der Waals surface area contributed by atoms with Gasteiger partial charge in [-0.15, -0.1) is 0 Å². The van der Waals surface area contributed by atoms with E-state index in [0.29, 0.717) is 12.1 Å². The van der Waals surface area contributed by atoms with E-state index in [2.05, 4.69) is 0 Å². The average molecular weight is 225 g/mol. The molecule has 0 aromatic rings. The van der Waals surface area contributed by atoms with Gasteiger partial charge in [0.1, 0.15) is 11.7 Å². The van der Waals surface area contributed by atoms with Gasteiger partial charge >= 0.3 is 0 Å². The topological polar surface area (TPSA) is 76.7 Å². The third-order valence-corrected chi connectivity index (χ3v) is 2.72. The van der Waals surface area contributed by atoms with Crippen molar-refractivity contribution in [3.05, 3.63) is 11.9 Å². The Morgan fingerprint density at radius 1 is 1.56 bits per heavy atom. The first-order valence-electron chi connectivity index (χ1n) is 5.20. The predicted molar refractivity (Wildman–Crippen MR) is 62.4 cm³/mol. The van der Waals surface area contributed by atoms with Crippen LogP contribution in [0, 0.1) is 5.41 Å². The van der Waals surface area contributed by atoms with E-state index >= 15 is 0 Å². The van der Waals surface area contributed by atoms with Gasteiger partial charge in [-0.1, -0.05) is 6.92 Å². The van der Waals surface area contributed by atoms with E-state index in [9.17, 15) is 4.79 Å². The summed E-state index contributed by atoms with van der Waals surface area (Å²) < 4.78 is 0. The maximum atomic E-state index is 12.1. The number of nitrogens with two attached hydrogens (primary N) is 1. The molecule has 0 spiro atoms. The molecular formula is C10H19N5O. The van der Waals surface area contributed by atoms with Crippen LogP contribution in [-0.4, -0.2) is 53.8 Å². The third kappa shape index (κ3) is 1.76. The molecular weight excluding hydrogens is 206 g/mol. The van der Waals surface area contributed by atoms with Crippen LogP contribution in [0.25, 0.3) is 0 Å². The van der Waals surface area contributed by atoms with E-state index in [0.717, 1.165) is 0 Å². The molecule has 0 radical (unpaired) electrons. The predicted octanol–water partition coefficient (Wildman–Crippen LogP) is -0.207. The second-order valence-electron chi connectivity index (χ2n) is 3.91. The highest BCUT2D eigenvalue weighted by Crippen LogP contribution is 2.21. The Hall–Kier alpha value is -1.56. The molecule has 1 atom stereocenters. The summed E-state index contributed by atoms with van der Waals surface area (Å²) >= 11 is 0. The normalized spacial score (nSPS) is 24.8. The van der Waals surface area contributed by atoms with Crippen molar-refractivity contribution in [1.29, 1.82) is 5.41 Å². The molecule has 6 heteroatoms. The summed E-state index contributed by atoms with van der Waals surface area (Å²) in [6.45, 7) is 1.93. The Morgan fingerprint density at radius 2 is 2.12 bits per heavy atom. The summed E-state index contributed by atoms with van der Waals surface area (Å²) in [6.07, 6.45) is 1.95. The van der Waals surface area contributed by atoms with Gasteiger partial charge < -0.3 is 10.6 Å². The molecule has 1 unspecified atom stereocenters. The molecule has 1 amide bonds. The lowest BCUT2D eigenvalue weighted by atomic mass is 10.1. The highest BCUT2D eigenvalue weighted by molar-refractivity contribution is 6.05. The van der Waals surface area contributed by atoms with Gasteiger partial charge in [-0.25, -0.2) is 5.01 Å². The van der Waals surface area contributed by atoms with Gasteiger partial charge in [0.05, 0.1) is 0 Å². The molecule has 1 aliphatic heterocycles. The summed E-state index contributed by atoms with van der Waals surface area (Å²) in [5.41, 5.74) is 5.89. The zero-order valence-corrected chi connectivity index (χ0v) is 10.2. The van der Waals surface area contributed by atoms with E-state index in [4.69, 9.17) is 11.1 Å². The Morgan fingerprint density at radius 3 is 2.50 bits per heavy atom. The fourth-order valence-electron chi connectivity index (χ4n) is 1.90. The van der Waals surface area contributed by atoms with Crippen molar-refractivity contribution in [2.24, 2.45) is 5.73 Å². The monoisotopic (exact) mass is 225 g/mol. The highest BCUT2D eigenvalue weighted by Gasteiger charge is 2.39. The lowest BCUT2D eigenvalue weighted by Gasteiger charge is -2.44. The summed E-state index contributed by atoms with van der Waals surface area (Å²) in [5.74, 6) is 0.213. The number of hydrogen-bond acceptors (Lipinski definition) is 4. The number of carbonyl (C=O) groups excluding carboxylic acids is 1. The quantitative estimate of drug-likeness (QED) is 0.682. The molecule has 1 saturated heterocycles. The second kappa shape index (κ2) is 4.52. The number of nitrogens with one attached hydrogen (secondary N) is 1. The largest absolute Gasteiger partial charge is 0.403 e. The minimum absolute atomic E-state index is 0.0381. The smallest absolute Gasteiger partial charge is 0.251 e. The minimum atomic E-state index is -0.323. The van der Waals surface area contributed by atoms with Gasteiger partial charge in [-0.2, -0.15) is 0 Å². The SMILES string of the molecule is CCC1C(=O)N(C)/C(=C/N)C(=N)N1N(C)C. The van der Waals surface area contributed by atoms with E-state index in [1.54, 1.807) is 17.1 Å². The first kappa shape index (κ1) is 12.5. The first-order chi connectivity index (χ1) is 7.45. The standard InChI is InChI=1S/C10H19N5O/c1-5-7-10(16)14(4)8(6-11)9(12)15(7)13(2)3/h6-7,12H,5,11H2,1-4H3/b8-6+,12-9?. The third-order valence-electron chi connectivity index (χ3n) is 2.72. The van der Waals surface area contributed by atoms with Crippen LogP contribution in [0.3, 0.4) is 0 Å². The van der Waals surface area contributed by atoms with Crippen LogP contribution in [0.1, 0.15) is 13.3 Å². The number of likely N-dealkylation sites (N-methyl/N-ethyl adjacent to an activating group) is 1. The van der Waals surface area contributed by atoms with Crippen molar-refractivity contribution in [2.45, 2.75) is 19.4 Å². The van der Waals surface area contributed by atoms with Gasteiger partial charge in [0, 0.05) is 27.3 Å². The maximum Gasteiger partial charge on any atom is 0.251 e. The first-order valence-corrected chi connectivity index (χ1v) is 5.20. The Labute approximate surface area is 95.8 Å². The molecule has 0 aliphatic carbocycles. The number of rotatable bonds is 2. The Balaban J connectivity index is 3.16. The number of carbonyl (C=O) groups is 1. The molecule has 90 valence electrons. The molecule has 1 rings (SSSR count). The number of hydrogen-bond donors (Lipinski definition) is 2. The van der Waals surface area contributed by atoms with Crippen LogP contribution < -0.4 is 5.73 Å². The fraction of sp³-hybridized carbons (Fsp3) is 0.600. The zero-order chi connectivity index (χ0) is 12.5. The van der Waals surface area contributed by atoms with Gasteiger partial charge in [0.25, 0.3) is 5.91 Å². The van der Waals surface area contributed by atoms with Gasteiger partial charge in [0.15, 0.2) is 5.84 Å². The summed E-state index contributed by atoms with van der Waals surface area (Å²) in [6, 6.07) is -0.323. The molecule has 0 aromatic carbocycles. The average Bonchev–Trinajstić information content (AvgIpc) is 2.23. The van der Waals surface area contributed by atoms with Crippen molar-refractivity contribution in [3.8, 4) is 0 Å². The summed E-state index contributed by atoms with van der Waals surface area (Å²) in [4.78, 5) is 13.5. The number of nitrogens with zero attached hydrogens (tertiary/aromatic N) is 3. The fourth-order valence-corrected chi connectivity index (χ4v) is 1.90. The maximum absolute atomic E-state index is 12.1.